The predicted octanol–water partition coefficient (Wildman–Crippen LogP) is 3.84. The molecule has 2 nitrogen and oxygen atoms in total. The Balaban J connectivity index is 1.87. The first-order valence-electron chi connectivity index (χ1n) is 7.35. The van der Waals surface area contributed by atoms with E-state index in [0.29, 0.717) is 13.0 Å². The van der Waals surface area contributed by atoms with Crippen molar-refractivity contribution in [3.63, 3.8) is 0 Å². The van der Waals surface area contributed by atoms with E-state index in [4.69, 9.17) is 0 Å². The molecule has 0 spiro atoms. The van der Waals surface area contributed by atoms with Gasteiger partial charge in [-0.25, -0.2) is 0 Å². The van der Waals surface area contributed by atoms with Crippen LogP contribution in [0.2, 0.25) is 0 Å². The molecule has 2 aromatic rings. The first-order chi connectivity index (χ1) is 9.95. The molecule has 0 heterocycles. The number of hydrogen-bond donors (Lipinski definition) is 1. The third kappa shape index (κ3) is 4.75. The van der Waals surface area contributed by atoms with Gasteiger partial charge in [0.05, 0.1) is 6.42 Å². The summed E-state index contributed by atoms with van der Waals surface area (Å²) in [4.78, 5) is 11.9. The van der Waals surface area contributed by atoms with E-state index in [0.717, 1.165) is 11.1 Å². The molecule has 1 amide bonds. The summed E-state index contributed by atoms with van der Waals surface area (Å²) in [6.45, 7) is 7.17. The number of rotatable bonds is 4. The predicted molar refractivity (Wildman–Crippen MR) is 87.1 cm³/mol. The molecule has 0 saturated heterocycles. The maximum Gasteiger partial charge on any atom is 0.224 e. The fourth-order valence-corrected chi connectivity index (χ4v) is 2.17. The lowest BCUT2D eigenvalue weighted by Crippen LogP contribution is -2.24. The maximum absolute atomic E-state index is 11.9. The third-order valence-electron chi connectivity index (χ3n) is 3.52. The van der Waals surface area contributed by atoms with Crippen LogP contribution < -0.4 is 5.32 Å². The first-order valence-corrected chi connectivity index (χ1v) is 7.35. The van der Waals surface area contributed by atoms with Crippen molar-refractivity contribution in [3.05, 3.63) is 71.3 Å². The summed E-state index contributed by atoms with van der Waals surface area (Å²) in [5.74, 6) is 0.0566. The summed E-state index contributed by atoms with van der Waals surface area (Å²) in [7, 11) is 0. The van der Waals surface area contributed by atoms with Crippen LogP contribution in [0.1, 0.15) is 37.5 Å². The van der Waals surface area contributed by atoms with Crippen molar-refractivity contribution in [2.75, 3.05) is 0 Å². The summed E-state index contributed by atoms with van der Waals surface area (Å²) in [5, 5.41) is 2.97. The van der Waals surface area contributed by atoms with Crippen molar-refractivity contribution in [3.8, 4) is 0 Å². The lowest BCUT2D eigenvalue weighted by Gasteiger charge is -2.19. The summed E-state index contributed by atoms with van der Waals surface area (Å²) in [6, 6.07) is 18.2. The van der Waals surface area contributed by atoms with Gasteiger partial charge in [-0.3, -0.25) is 4.79 Å². The zero-order valence-corrected chi connectivity index (χ0v) is 13.0. The monoisotopic (exact) mass is 281 g/mol. The van der Waals surface area contributed by atoms with Gasteiger partial charge in [0.2, 0.25) is 5.91 Å². The van der Waals surface area contributed by atoms with Gasteiger partial charge in [-0.1, -0.05) is 75.4 Å². The fraction of sp³-hybridized carbons (Fsp3) is 0.316. The van der Waals surface area contributed by atoms with E-state index in [2.05, 4.69) is 50.4 Å². The van der Waals surface area contributed by atoms with Gasteiger partial charge in [-0.05, 0) is 22.1 Å². The molecule has 0 atom stereocenters. The summed E-state index contributed by atoms with van der Waals surface area (Å²) in [5.41, 5.74) is 3.64. The van der Waals surface area contributed by atoms with Crippen LogP contribution in [0.3, 0.4) is 0 Å². The van der Waals surface area contributed by atoms with Crippen molar-refractivity contribution in [1.29, 1.82) is 0 Å². The lowest BCUT2D eigenvalue weighted by atomic mass is 9.87. The number of nitrogens with one attached hydrogen (secondary N) is 1. The van der Waals surface area contributed by atoms with Gasteiger partial charge in [0.15, 0.2) is 0 Å². The minimum absolute atomic E-state index is 0.0566. The molecule has 0 aliphatic rings. The molecule has 0 saturated carbocycles. The van der Waals surface area contributed by atoms with E-state index in [1.165, 1.54) is 5.56 Å². The van der Waals surface area contributed by atoms with Gasteiger partial charge >= 0.3 is 0 Å². The lowest BCUT2D eigenvalue weighted by molar-refractivity contribution is -0.120. The van der Waals surface area contributed by atoms with Crippen molar-refractivity contribution >= 4 is 5.91 Å². The van der Waals surface area contributed by atoms with Crippen molar-refractivity contribution < 1.29 is 4.79 Å². The SMILES string of the molecule is CC(C)(C)c1ccc(CNC(=O)Cc2ccccc2)cc1. The van der Waals surface area contributed by atoms with Crippen LogP contribution in [0.4, 0.5) is 0 Å². The zero-order valence-electron chi connectivity index (χ0n) is 13.0. The zero-order chi connectivity index (χ0) is 15.3. The highest BCUT2D eigenvalue weighted by molar-refractivity contribution is 5.78. The van der Waals surface area contributed by atoms with Gasteiger partial charge in [-0.15, -0.1) is 0 Å². The normalized spacial score (nSPS) is 11.2. The average Bonchev–Trinajstić information content (AvgIpc) is 2.46. The van der Waals surface area contributed by atoms with Crippen molar-refractivity contribution in [1.82, 2.24) is 5.32 Å². The topological polar surface area (TPSA) is 29.1 Å². The molecule has 1 N–H and O–H groups in total. The van der Waals surface area contributed by atoms with Crippen LogP contribution in [0.5, 0.6) is 0 Å². The Bertz CT molecular complexity index is 579. The minimum atomic E-state index is 0.0566. The van der Waals surface area contributed by atoms with Gasteiger partial charge in [0.1, 0.15) is 0 Å². The van der Waals surface area contributed by atoms with Crippen LogP contribution in [-0.2, 0) is 23.2 Å². The molecule has 0 aromatic heterocycles. The number of amides is 1. The molecule has 0 radical (unpaired) electrons. The van der Waals surface area contributed by atoms with Crippen LogP contribution in [-0.4, -0.2) is 5.91 Å². The Kier molecular flexibility index (Phi) is 4.79. The second-order valence-electron chi connectivity index (χ2n) is 6.39. The van der Waals surface area contributed by atoms with Crippen LogP contribution >= 0.6 is 0 Å². The Morgan fingerprint density at radius 3 is 2.10 bits per heavy atom. The van der Waals surface area contributed by atoms with E-state index in [1.54, 1.807) is 0 Å². The molecule has 0 aliphatic carbocycles. The third-order valence-corrected chi connectivity index (χ3v) is 3.52. The van der Waals surface area contributed by atoms with E-state index in [1.807, 2.05) is 30.3 Å². The molecular weight excluding hydrogens is 258 g/mol. The molecule has 21 heavy (non-hydrogen) atoms. The molecule has 2 rings (SSSR count). The molecular formula is C19H23NO. The van der Waals surface area contributed by atoms with Crippen LogP contribution in [0.25, 0.3) is 0 Å². The van der Waals surface area contributed by atoms with Crippen molar-refractivity contribution in [2.45, 2.75) is 39.2 Å². The van der Waals surface area contributed by atoms with E-state index in [9.17, 15) is 4.79 Å². The Labute approximate surface area is 127 Å². The number of benzene rings is 2. The second-order valence-corrected chi connectivity index (χ2v) is 6.39. The number of carbonyl (C=O) groups excluding carboxylic acids is 1. The fourth-order valence-electron chi connectivity index (χ4n) is 2.17. The van der Waals surface area contributed by atoms with Crippen molar-refractivity contribution in [2.24, 2.45) is 0 Å². The van der Waals surface area contributed by atoms with Gasteiger partial charge in [0.25, 0.3) is 0 Å². The highest BCUT2D eigenvalue weighted by Gasteiger charge is 2.12. The summed E-state index contributed by atoms with van der Waals surface area (Å²) < 4.78 is 0. The van der Waals surface area contributed by atoms with E-state index < -0.39 is 0 Å². The van der Waals surface area contributed by atoms with E-state index >= 15 is 0 Å². The Morgan fingerprint density at radius 2 is 1.52 bits per heavy atom. The first kappa shape index (κ1) is 15.3. The van der Waals surface area contributed by atoms with E-state index in [-0.39, 0.29) is 11.3 Å². The Morgan fingerprint density at radius 1 is 0.905 bits per heavy atom. The second kappa shape index (κ2) is 6.57. The van der Waals surface area contributed by atoms with Gasteiger partial charge in [-0.2, -0.15) is 0 Å². The quantitative estimate of drug-likeness (QED) is 0.906. The van der Waals surface area contributed by atoms with Crippen LogP contribution in [0.15, 0.2) is 54.6 Å². The van der Waals surface area contributed by atoms with Gasteiger partial charge < -0.3 is 5.32 Å². The highest BCUT2D eigenvalue weighted by Crippen LogP contribution is 2.22. The Hall–Kier alpha value is -2.09. The standard InChI is InChI=1S/C19H23NO/c1-19(2,3)17-11-9-16(10-12-17)14-20-18(21)13-15-7-5-4-6-8-15/h4-12H,13-14H2,1-3H3,(H,20,21). The molecule has 0 fully saturated rings. The largest absolute Gasteiger partial charge is 0.352 e. The maximum atomic E-state index is 11.9. The van der Waals surface area contributed by atoms with Crippen LogP contribution in [0, 0.1) is 0 Å². The smallest absolute Gasteiger partial charge is 0.224 e. The summed E-state index contributed by atoms with van der Waals surface area (Å²) in [6.07, 6.45) is 0.431. The number of hydrogen-bond acceptors (Lipinski definition) is 1. The molecule has 0 aliphatic heterocycles. The molecule has 2 heteroatoms. The minimum Gasteiger partial charge on any atom is -0.352 e. The summed E-state index contributed by atoms with van der Waals surface area (Å²) >= 11 is 0. The molecule has 2 aromatic carbocycles. The molecule has 110 valence electrons. The average molecular weight is 281 g/mol. The highest BCUT2D eigenvalue weighted by atomic mass is 16.1. The molecule has 0 bridgehead atoms. The number of carbonyl (C=O) groups is 1. The molecule has 0 unspecified atom stereocenters. The van der Waals surface area contributed by atoms with Gasteiger partial charge in [0, 0.05) is 6.54 Å².